The zero-order valence-electron chi connectivity index (χ0n) is 8.52. The van der Waals surface area contributed by atoms with Crippen molar-refractivity contribution in [3.63, 3.8) is 0 Å². The van der Waals surface area contributed by atoms with Gasteiger partial charge in [0.1, 0.15) is 0 Å². The van der Waals surface area contributed by atoms with Gasteiger partial charge in [0.15, 0.2) is 5.82 Å². The van der Waals surface area contributed by atoms with Crippen LogP contribution in [0.25, 0.3) is 0 Å². The van der Waals surface area contributed by atoms with Crippen molar-refractivity contribution in [2.24, 2.45) is 0 Å². The van der Waals surface area contributed by atoms with E-state index >= 15 is 0 Å². The molecule has 0 saturated carbocycles. The predicted octanol–water partition coefficient (Wildman–Crippen LogP) is 3.14. The summed E-state index contributed by atoms with van der Waals surface area (Å²) in [7, 11) is 0. The molecule has 0 unspecified atom stereocenters. The Morgan fingerprint density at radius 3 is 2.88 bits per heavy atom. The number of benzene rings is 1. The van der Waals surface area contributed by atoms with Crippen molar-refractivity contribution in [2.45, 2.75) is 0 Å². The lowest BCUT2D eigenvalue weighted by Crippen LogP contribution is -2.13. The predicted molar refractivity (Wildman–Crippen MR) is 69.1 cm³/mol. The van der Waals surface area contributed by atoms with Crippen LogP contribution in [0.15, 0.2) is 41.0 Å². The third-order valence-electron chi connectivity index (χ3n) is 1.99. The highest BCUT2D eigenvalue weighted by atomic mass is 79.9. The molecule has 0 aliphatic carbocycles. The number of aromatic nitrogens is 2. The van der Waals surface area contributed by atoms with Crippen LogP contribution in [0.5, 0.6) is 0 Å². The summed E-state index contributed by atoms with van der Waals surface area (Å²) in [5.74, 6) is 0.0605. The van der Waals surface area contributed by atoms with E-state index in [9.17, 15) is 4.79 Å². The Bertz CT molecular complexity index is 548. The van der Waals surface area contributed by atoms with Crippen molar-refractivity contribution < 1.29 is 4.79 Å². The van der Waals surface area contributed by atoms with Gasteiger partial charge in [-0.1, -0.05) is 27.5 Å². The minimum Gasteiger partial charge on any atom is -0.305 e. The van der Waals surface area contributed by atoms with E-state index in [1.165, 1.54) is 6.20 Å². The van der Waals surface area contributed by atoms with E-state index in [2.05, 4.69) is 31.4 Å². The molecule has 4 nitrogen and oxygen atoms in total. The Kier molecular flexibility index (Phi) is 3.71. The van der Waals surface area contributed by atoms with Gasteiger partial charge < -0.3 is 5.32 Å². The van der Waals surface area contributed by atoms with Gasteiger partial charge in [-0.25, -0.2) is 0 Å². The third-order valence-corrected chi connectivity index (χ3v) is 2.81. The molecule has 0 radical (unpaired) electrons. The monoisotopic (exact) mass is 311 g/mol. The number of carbonyl (C=O) groups is 1. The molecule has 1 N–H and O–H groups in total. The number of amides is 1. The number of halogens is 2. The topological polar surface area (TPSA) is 54.9 Å². The van der Waals surface area contributed by atoms with Crippen LogP contribution in [0, 0.1) is 0 Å². The number of hydrogen-bond donors (Lipinski definition) is 1. The Hall–Kier alpha value is -1.46. The van der Waals surface area contributed by atoms with Gasteiger partial charge in [-0.2, -0.15) is 5.10 Å². The SMILES string of the molecule is O=C(Nc1cccnn1)c1cc(Br)ccc1Cl. The van der Waals surface area contributed by atoms with Crippen LogP contribution in [0.2, 0.25) is 5.02 Å². The van der Waals surface area contributed by atoms with Gasteiger partial charge >= 0.3 is 0 Å². The molecule has 17 heavy (non-hydrogen) atoms. The molecule has 1 heterocycles. The number of carbonyl (C=O) groups excluding carboxylic acids is 1. The van der Waals surface area contributed by atoms with E-state index in [1.807, 2.05) is 0 Å². The average molecular weight is 313 g/mol. The Labute approximate surface area is 111 Å². The Morgan fingerprint density at radius 1 is 1.35 bits per heavy atom. The van der Waals surface area contributed by atoms with Gasteiger partial charge in [-0.05, 0) is 30.3 Å². The summed E-state index contributed by atoms with van der Waals surface area (Å²) in [6, 6.07) is 8.40. The van der Waals surface area contributed by atoms with Gasteiger partial charge in [0, 0.05) is 10.7 Å². The molecule has 2 rings (SSSR count). The maximum Gasteiger partial charge on any atom is 0.258 e. The Morgan fingerprint density at radius 2 is 2.18 bits per heavy atom. The van der Waals surface area contributed by atoms with Crippen LogP contribution in [0.3, 0.4) is 0 Å². The number of anilines is 1. The number of rotatable bonds is 2. The summed E-state index contributed by atoms with van der Waals surface area (Å²) < 4.78 is 0.784. The van der Waals surface area contributed by atoms with E-state index in [-0.39, 0.29) is 5.91 Å². The molecular formula is C11H7BrClN3O. The van der Waals surface area contributed by atoms with Crippen molar-refractivity contribution in [1.29, 1.82) is 0 Å². The first kappa shape index (κ1) is 12.0. The quantitative estimate of drug-likeness (QED) is 0.927. The molecule has 1 amide bonds. The van der Waals surface area contributed by atoms with Gasteiger partial charge in [0.25, 0.3) is 5.91 Å². The van der Waals surface area contributed by atoms with E-state index in [0.717, 1.165) is 4.47 Å². The number of nitrogens with one attached hydrogen (secondary N) is 1. The minimum absolute atomic E-state index is 0.322. The molecule has 1 aromatic heterocycles. The maximum absolute atomic E-state index is 11.9. The molecule has 0 fully saturated rings. The molecular weight excluding hydrogens is 305 g/mol. The molecule has 0 spiro atoms. The van der Waals surface area contributed by atoms with Crippen LogP contribution >= 0.6 is 27.5 Å². The number of nitrogens with zero attached hydrogens (tertiary/aromatic N) is 2. The highest BCUT2D eigenvalue weighted by Crippen LogP contribution is 2.21. The summed E-state index contributed by atoms with van der Waals surface area (Å²) >= 11 is 9.22. The fourth-order valence-electron chi connectivity index (χ4n) is 1.22. The second kappa shape index (κ2) is 5.25. The lowest BCUT2D eigenvalue weighted by Gasteiger charge is -2.05. The van der Waals surface area contributed by atoms with Crippen molar-refractivity contribution in [3.8, 4) is 0 Å². The molecule has 0 saturated heterocycles. The zero-order chi connectivity index (χ0) is 12.3. The second-order valence-electron chi connectivity index (χ2n) is 3.19. The Balaban J connectivity index is 2.23. The van der Waals surface area contributed by atoms with E-state index in [4.69, 9.17) is 11.6 Å². The number of hydrogen-bond acceptors (Lipinski definition) is 3. The first-order chi connectivity index (χ1) is 8.16. The summed E-state index contributed by atoms with van der Waals surface area (Å²) in [6.45, 7) is 0. The van der Waals surface area contributed by atoms with Crippen molar-refractivity contribution >= 4 is 39.3 Å². The lowest BCUT2D eigenvalue weighted by atomic mass is 10.2. The molecule has 6 heteroatoms. The molecule has 0 bridgehead atoms. The molecule has 0 aliphatic rings. The van der Waals surface area contributed by atoms with Crippen LogP contribution in [-0.4, -0.2) is 16.1 Å². The van der Waals surface area contributed by atoms with E-state index < -0.39 is 0 Å². The zero-order valence-corrected chi connectivity index (χ0v) is 10.9. The van der Waals surface area contributed by atoms with Crippen LogP contribution in [0.1, 0.15) is 10.4 Å². The van der Waals surface area contributed by atoms with Crippen molar-refractivity contribution in [1.82, 2.24) is 10.2 Å². The third kappa shape index (κ3) is 3.01. The van der Waals surface area contributed by atoms with Crippen LogP contribution in [-0.2, 0) is 0 Å². The summed E-state index contributed by atoms with van der Waals surface area (Å²) in [4.78, 5) is 11.9. The fraction of sp³-hybridized carbons (Fsp3) is 0. The van der Waals surface area contributed by atoms with Crippen LogP contribution < -0.4 is 5.32 Å². The molecule has 2 aromatic rings. The van der Waals surface area contributed by atoms with E-state index in [1.54, 1.807) is 30.3 Å². The highest BCUT2D eigenvalue weighted by Gasteiger charge is 2.11. The lowest BCUT2D eigenvalue weighted by molar-refractivity contribution is 0.102. The normalized spacial score (nSPS) is 10.0. The van der Waals surface area contributed by atoms with Crippen molar-refractivity contribution in [2.75, 3.05) is 5.32 Å². The highest BCUT2D eigenvalue weighted by molar-refractivity contribution is 9.10. The summed E-state index contributed by atoms with van der Waals surface area (Å²) in [5, 5.41) is 10.4. The van der Waals surface area contributed by atoms with Gasteiger partial charge in [0.05, 0.1) is 10.6 Å². The molecule has 0 aliphatic heterocycles. The largest absolute Gasteiger partial charge is 0.305 e. The summed E-state index contributed by atoms with van der Waals surface area (Å²) in [6.07, 6.45) is 1.53. The molecule has 1 aromatic carbocycles. The van der Waals surface area contributed by atoms with Gasteiger partial charge in [0.2, 0.25) is 0 Å². The van der Waals surface area contributed by atoms with Gasteiger partial charge in [-0.3, -0.25) is 4.79 Å². The van der Waals surface area contributed by atoms with Gasteiger partial charge in [-0.15, -0.1) is 5.10 Å². The second-order valence-corrected chi connectivity index (χ2v) is 4.51. The first-order valence-electron chi connectivity index (χ1n) is 4.71. The first-order valence-corrected chi connectivity index (χ1v) is 5.88. The van der Waals surface area contributed by atoms with E-state index in [0.29, 0.717) is 16.4 Å². The average Bonchev–Trinajstić information content (AvgIpc) is 2.33. The molecule has 86 valence electrons. The fourth-order valence-corrected chi connectivity index (χ4v) is 1.79. The minimum atomic E-state index is -0.322. The van der Waals surface area contributed by atoms with Crippen molar-refractivity contribution in [3.05, 3.63) is 51.6 Å². The standard InChI is InChI=1S/C11H7BrClN3O/c12-7-3-4-9(13)8(6-7)11(17)15-10-2-1-5-14-16-10/h1-6H,(H,15,16,17). The summed E-state index contributed by atoms with van der Waals surface area (Å²) in [5.41, 5.74) is 0.381. The molecule has 0 atom stereocenters. The van der Waals surface area contributed by atoms with Crippen LogP contribution in [0.4, 0.5) is 5.82 Å². The maximum atomic E-state index is 11.9. The smallest absolute Gasteiger partial charge is 0.258 e.